The molecule has 1 aliphatic heterocycles. The zero-order chi connectivity index (χ0) is 15.6. The number of carbonyl (C=O) groups excluding carboxylic acids is 1. The number of carboxylic acids is 1. The molecule has 1 aromatic carbocycles. The smallest absolute Gasteiger partial charge is 0.317 e. The lowest BCUT2D eigenvalue weighted by Crippen LogP contribution is -2.45. The summed E-state index contributed by atoms with van der Waals surface area (Å²) in [5, 5.41) is 12.4. The van der Waals surface area contributed by atoms with Crippen molar-refractivity contribution in [2.75, 3.05) is 13.1 Å². The average molecular weight is 331 g/mol. The summed E-state index contributed by atoms with van der Waals surface area (Å²) in [7, 11) is 0. The van der Waals surface area contributed by atoms with Gasteiger partial charge in [-0.1, -0.05) is 23.2 Å². The molecule has 0 fully saturated rings. The van der Waals surface area contributed by atoms with Crippen LogP contribution in [0.3, 0.4) is 0 Å². The molecule has 1 heterocycles. The van der Waals surface area contributed by atoms with Crippen molar-refractivity contribution in [2.24, 2.45) is 0 Å². The number of carbonyl (C=O) groups is 2. The van der Waals surface area contributed by atoms with Crippen LogP contribution in [-0.4, -0.2) is 35.1 Å². The molecule has 2 rings (SSSR count). The summed E-state index contributed by atoms with van der Waals surface area (Å²) in [6.07, 6.45) is 0.560. The van der Waals surface area contributed by atoms with Crippen molar-refractivity contribution in [3.05, 3.63) is 33.3 Å². The van der Waals surface area contributed by atoms with Crippen molar-refractivity contribution in [2.45, 2.75) is 25.8 Å². The molecule has 114 valence electrons. The Morgan fingerprint density at radius 2 is 2.14 bits per heavy atom. The van der Waals surface area contributed by atoms with Crippen LogP contribution in [0.4, 0.5) is 4.79 Å². The summed E-state index contributed by atoms with van der Waals surface area (Å²) in [5.74, 6) is -0.939. The summed E-state index contributed by atoms with van der Waals surface area (Å²) in [4.78, 5) is 24.3. The van der Waals surface area contributed by atoms with E-state index in [4.69, 9.17) is 28.3 Å². The molecule has 21 heavy (non-hydrogen) atoms. The van der Waals surface area contributed by atoms with Crippen LogP contribution in [0.1, 0.15) is 30.5 Å². The summed E-state index contributed by atoms with van der Waals surface area (Å²) in [6.45, 7) is 2.55. The molecule has 2 N–H and O–H groups in total. The van der Waals surface area contributed by atoms with Crippen molar-refractivity contribution >= 4 is 35.2 Å². The van der Waals surface area contributed by atoms with Crippen LogP contribution in [0.2, 0.25) is 10.0 Å². The van der Waals surface area contributed by atoms with Gasteiger partial charge in [-0.05, 0) is 36.6 Å². The summed E-state index contributed by atoms with van der Waals surface area (Å²) in [6, 6.07) is 3.10. The minimum absolute atomic E-state index is 0.0950. The maximum atomic E-state index is 12.1. The van der Waals surface area contributed by atoms with Crippen LogP contribution >= 0.6 is 23.2 Å². The average Bonchev–Trinajstić information content (AvgIpc) is 2.39. The number of benzene rings is 1. The maximum Gasteiger partial charge on any atom is 0.317 e. The zero-order valence-electron chi connectivity index (χ0n) is 11.5. The minimum atomic E-state index is -0.939. The highest BCUT2D eigenvalue weighted by Crippen LogP contribution is 2.35. The molecule has 0 radical (unpaired) electrons. The second kappa shape index (κ2) is 6.54. The Hall–Kier alpha value is -1.46. The highest BCUT2D eigenvalue weighted by Gasteiger charge is 2.29. The predicted molar refractivity (Wildman–Crippen MR) is 80.9 cm³/mol. The Labute approximate surface area is 132 Å². The van der Waals surface area contributed by atoms with Crippen molar-refractivity contribution < 1.29 is 14.7 Å². The van der Waals surface area contributed by atoms with Gasteiger partial charge in [0.1, 0.15) is 0 Å². The first kappa shape index (κ1) is 15.9. The molecule has 1 aromatic rings. The van der Waals surface area contributed by atoms with E-state index in [0.29, 0.717) is 23.0 Å². The molecule has 0 bridgehead atoms. The van der Waals surface area contributed by atoms with Gasteiger partial charge in [-0.15, -0.1) is 0 Å². The largest absolute Gasteiger partial charge is 0.481 e. The first-order valence-corrected chi connectivity index (χ1v) is 7.40. The molecule has 0 aromatic heterocycles. The van der Waals surface area contributed by atoms with E-state index in [-0.39, 0.29) is 25.0 Å². The third-order valence-electron chi connectivity index (χ3n) is 3.59. The van der Waals surface area contributed by atoms with E-state index in [9.17, 15) is 9.59 Å². The zero-order valence-corrected chi connectivity index (χ0v) is 13.0. The number of hydrogen-bond acceptors (Lipinski definition) is 2. The minimum Gasteiger partial charge on any atom is -0.481 e. The standard InChI is InChI=1S/C14H16Cl2N2O3/c1-8-11-6-9(15)7-12(16)10(11)3-5-18(8)14(21)17-4-2-13(19)20/h6-8H,2-5H2,1H3,(H,17,21)(H,19,20). The topological polar surface area (TPSA) is 69.6 Å². The molecule has 1 unspecified atom stereocenters. The molecule has 1 atom stereocenters. The van der Waals surface area contributed by atoms with Gasteiger partial charge in [0.15, 0.2) is 0 Å². The monoisotopic (exact) mass is 330 g/mol. The Morgan fingerprint density at radius 1 is 1.43 bits per heavy atom. The molecule has 5 nitrogen and oxygen atoms in total. The van der Waals surface area contributed by atoms with E-state index < -0.39 is 5.97 Å². The second-order valence-corrected chi connectivity index (χ2v) is 5.79. The van der Waals surface area contributed by atoms with Crippen LogP contribution < -0.4 is 5.32 Å². The predicted octanol–water partition coefficient (Wildman–Crippen LogP) is 3.10. The van der Waals surface area contributed by atoms with Gasteiger partial charge in [-0.25, -0.2) is 4.79 Å². The van der Waals surface area contributed by atoms with E-state index >= 15 is 0 Å². The normalized spacial score (nSPS) is 17.3. The van der Waals surface area contributed by atoms with E-state index in [1.165, 1.54) is 0 Å². The van der Waals surface area contributed by atoms with Crippen LogP contribution in [0.5, 0.6) is 0 Å². The number of aliphatic carboxylic acids is 1. The Morgan fingerprint density at radius 3 is 2.81 bits per heavy atom. The third-order valence-corrected chi connectivity index (χ3v) is 4.15. The molecule has 2 amide bonds. The maximum absolute atomic E-state index is 12.1. The molecular weight excluding hydrogens is 315 g/mol. The molecule has 0 saturated carbocycles. The highest BCUT2D eigenvalue weighted by atomic mass is 35.5. The lowest BCUT2D eigenvalue weighted by Gasteiger charge is -2.35. The van der Waals surface area contributed by atoms with Crippen molar-refractivity contribution in [3.63, 3.8) is 0 Å². The summed E-state index contributed by atoms with van der Waals surface area (Å²) in [5.41, 5.74) is 1.95. The summed E-state index contributed by atoms with van der Waals surface area (Å²) < 4.78 is 0. The van der Waals surface area contributed by atoms with Crippen molar-refractivity contribution in [3.8, 4) is 0 Å². The molecule has 0 aliphatic carbocycles. The van der Waals surface area contributed by atoms with Crippen LogP contribution in [0, 0.1) is 0 Å². The number of carboxylic acid groups (broad SMARTS) is 1. The molecule has 7 heteroatoms. The Balaban J connectivity index is 2.11. The molecule has 0 saturated heterocycles. The lowest BCUT2D eigenvalue weighted by atomic mass is 9.94. The van der Waals surface area contributed by atoms with E-state index in [1.54, 1.807) is 11.0 Å². The lowest BCUT2D eigenvalue weighted by molar-refractivity contribution is -0.136. The first-order chi connectivity index (χ1) is 9.90. The highest BCUT2D eigenvalue weighted by molar-refractivity contribution is 6.35. The number of urea groups is 1. The number of nitrogens with one attached hydrogen (secondary N) is 1. The van der Waals surface area contributed by atoms with Gasteiger partial charge < -0.3 is 15.3 Å². The summed E-state index contributed by atoms with van der Waals surface area (Å²) >= 11 is 12.2. The van der Waals surface area contributed by atoms with Crippen LogP contribution in [-0.2, 0) is 11.2 Å². The van der Waals surface area contributed by atoms with Gasteiger partial charge in [0.25, 0.3) is 0 Å². The van der Waals surface area contributed by atoms with Crippen molar-refractivity contribution in [1.82, 2.24) is 10.2 Å². The number of nitrogens with zero attached hydrogens (tertiary/aromatic N) is 1. The van der Waals surface area contributed by atoms with Gasteiger partial charge in [0, 0.05) is 23.1 Å². The number of fused-ring (bicyclic) bond motifs is 1. The first-order valence-electron chi connectivity index (χ1n) is 6.64. The Kier molecular flexibility index (Phi) is 4.96. The molecule has 0 spiro atoms. The van der Waals surface area contributed by atoms with E-state index in [1.807, 2.05) is 13.0 Å². The molecule has 1 aliphatic rings. The second-order valence-electron chi connectivity index (χ2n) is 4.95. The van der Waals surface area contributed by atoms with E-state index in [2.05, 4.69) is 5.32 Å². The van der Waals surface area contributed by atoms with Gasteiger partial charge in [-0.2, -0.15) is 0 Å². The number of halogens is 2. The number of rotatable bonds is 3. The van der Waals surface area contributed by atoms with Gasteiger partial charge in [0.2, 0.25) is 0 Å². The van der Waals surface area contributed by atoms with Crippen LogP contribution in [0.25, 0.3) is 0 Å². The number of hydrogen-bond donors (Lipinski definition) is 2. The van der Waals surface area contributed by atoms with Gasteiger partial charge in [0.05, 0.1) is 12.5 Å². The van der Waals surface area contributed by atoms with Crippen LogP contribution in [0.15, 0.2) is 12.1 Å². The van der Waals surface area contributed by atoms with Gasteiger partial charge >= 0.3 is 12.0 Å². The SMILES string of the molecule is CC1c2cc(Cl)cc(Cl)c2CCN1C(=O)NCCC(=O)O. The number of amides is 2. The van der Waals surface area contributed by atoms with E-state index in [0.717, 1.165) is 11.1 Å². The fraction of sp³-hybridized carbons (Fsp3) is 0.429. The quantitative estimate of drug-likeness (QED) is 0.894. The third kappa shape index (κ3) is 3.60. The van der Waals surface area contributed by atoms with Crippen molar-refractivity contribution in [1.29, 1.82) is 0 Å². The Bertz CT molecular complexity index is 578. The fourth-order valence-electron chi connectivity index (χ4n) is 2.51. The molecular formula is C14H16Cl2N2O3. The fourth-order valence-corrected chi connectivity index (χ4v) is 3.11. The van der Waals surface area contributed by atoms with Gasteiger partial charge in [-0.3, -0.25) is 4.79 Å².